The van der Waals surface area contributed by atoms with Crippen molar-refractivity contribution in [2.75, 3.05) is 38.4 Å². The Kier molecular flexibility index (Phi) is 7.25. The van der Waals surface area contributed by atoms with Crippen LogP contribution in [0.1, 0.15) is 17.0 Å². The quantitative estimate of drug-likeness (QED) is 0.334. The summed E-state index contributed by atoms with van der Waals surface area (Å²) in [5.74, 6) is 1.25. The number of hydrogen-bond acceptors (Lipinski definition) is 4. The van der Waals surface area contributed by atoms with Crippen LogP contribution < -0.4 is 15.0 Å². The number of ether oxygens (including phenoxy) is 1. The first-order chi connectivity index (χ1) is 16.0. The van der Waals surface area contributed by atoms with Crippen LogP contribution in [0.25, 0.3) is 10.9 Å². The molecule has 1 unspecified atom stereocenters. The Morgan fingerprint density at radius 2 is 1.76 bits per heavy atom. The molecule has 5 nitrogen and oxygen atoms in total. The van der Waals surface area contributed by atoms with E-state index in [1.165, 1.54) is 28.3 Å². The largest absolute Gasteiger partial charge is 0.497 e. The number of benzene rings is 3. The van der Waals surface area contributed by atoms with Crippen LogP contribution >= 0.6 is 11.8 Å². The summed E-state index contributed by atoms with van der Waals surface area (Å²) < 4.78 is 5.19. The van der Waals surface area contributed by atoms with E-state index in [4.69, 9.17) is 4.74 Å². The number of nitrogens with one attached hydrogen (secondary N) is 2. The Balaban J connectivity index is 1.49. The highest BCUT2D eigenvalue weighted by Gasteiger charge is 2.19. The van der Waals surface area contributed by atoms with Crippen molar-refractivity contribution in [3.63, 3.8) is 0 Å². The second-order valence-corrected chi connectivity index (χ2v) is 9.15. The molecule has 170 valence electrons. The summed E-state index contributed by atoms with van der Waals surface area (Å²) in [7, 11) is 5.72. The van der Waals surface area contributed by atoms with Crippen molar-refractivity contribution in [3.8, 4) is 5.75 Å². The molecule has 0 fully saturated rings. The predicted molar refractivity (Wildman–Crippen MR) is 138 cm³/mol. The smallest absolute Gasteiger partial charge is 0.230 e. The number of nitrogens with zero attached hydrogens (tertiary/aromatic N) is 1. The number of carbonyl (C=O) groups excluding carboxylic acids is 1. The molecule has 2 N–H and O–H groups in total. The molecule has 0 aliphatic rings. The summed E-state index contributed by atoms with van der Waals surface area (Å²) in [6.07, 6.45) is 2.06. The number of hydrogen-bond donors (Lipinski definition) is 2. The van der Waals surface area contributed by atoms with Gasteiger partial charge in [0.25, 0.3) is 0 Å². The highest BCUT2D eigenvalue weighted by atomic mass is 32.2. The van der Waals surface area contributed by atoms with Crippen LogP contribution in [0, 0.1) is 0 Å². The molecule has 1 heterocycles. The van der Waals surface area contributed by atoms with E-state index in [2.05, 4.69) is 63.9 Å². The third kappa shape index (κ3) is 5.52. The van der Waals surface area contributed by atoms with E-state index in [0.29, 0.717) is 12.3 Å². The zero-order chi connectivity index (χ0) is 23.2. The van der Waals surface area contributed by atoms with Crippen LogP contribution in [0.4, 0.5) is 5.69 Å². The fourth-order valence-corrected chi connectivity index (χ4v) is 4.61. The lowest BCUT2D eigenvalue weighted by molar-refractivity contribution is -0.118. The van der Waals surface area contributed by atoms with Crippen molar-refractivity contribution >= 4 is 34.3 Å². The van der Waals surface area contributed by atoms with Gasteiger partial charge >= 0.3 is 0 Å². The second kappa shape index (κ2) is 10.5. The lowest BCUT2D eigenvalue weighted by Crippen LogP contribution is -2.30. The third-order valence-electron chi connectivity index (χ3n) is 5.74. The molecule has 1 amide bonds. The van der Waals surface area contributed by atoms with Crippen LogP contribution in [0.15, 0.2) is 83.9 Å². The summed E-state index contributed by atoms with van der Waals surface area (Å²) in [6, 6.07) is 24.6. The summed E-state index contributed by atoms with van der Waals surface area (Å²) in [5.41, 5.74) is 4.61. The molecule has 6 heteroatoms. The molecule has 3 aromatic carbocycles. The van der Waals surface area contributed by atoms with Gasteiger partial charge in [-0.25, -0.2) is 0 Å². The number of fused-ring (bicyclic) bond motifs is 1. The van der Waals surface area contributed by atoms with Crippen molar-refractivity contribution < 1.29 is 9.53 Å². The third-order valence-corrected chi connectivity index (χ3v) is 6.75. The normalized spacial score (nSPS) is 11.8. The average molecular weight is 460 g/mol. The van der Waals surface area contributed by atoms with E-state index in [1.807, 2.05) is 44.4 Å². The zero-order valence-electron chi connectivity index (χ0n) is 19.2. The maximum atomic E-state index is 12.7. The number of methoxy groups -OCH3 is 1. The Morgan fingerprint density at radius 3 is 2.45 bits per heavy atom. The first kappa shape index (κ1) is 22.8. The van der Waals surface area contributed by atoms with Gasteiger partial charge in [-0.3, -0.25) is 4.79 Å². The number of anilines is 1. The van der Waals surface area contributed by atoms with Crippen molar-refractivity contribution in [1.82, 2.24) is 10.3 Å². The summed E-state index contributed by atoms with van der Waals surface area (Å²) in [5, 5.41) is 4.34. The molecule has 33 heavy (non-hydrogen) atoms. The highest BCUT2D eigenvalue weighted by Crippen LogP contribution is 2.31. The molecular formula is C27H29N3O2S. The molecule has 0 spiro atoms. The van der Waals surface area contributed by atoms with Crippen molar-refractivity contribution in [3.05, 3.63) is 90.1 Å². The van der Waals surface area contributed by atoms with Gasteiger partial charge in [-0.15, -0.1) is 11.8 Å². The molecule has 0 saturated carbocycles. The summed E-state index contributed by atoms with van der Waals surface area (Å²) in [4.78, 5) is 19.2. The van der Waals surface area contributed by atoms with Crippen molar-refractivity contribution in [2.24, 2.45) is 0 Å². The Morgan fingerprint density at radius 1 is 1.03 bits per heavy atom. The van der Waals surface area contributed by atoms with Crippen molar-refractivity contribution in [2.45, 2.75) is 10.8 Å². The molecular weight excluding hydrogens is 430 g/mol. The number of rotatable bonds is 9. The van der Waals surface area contributed by atoms with Gasteiger partial charge in [0.05, 0.1) is 12.9 Å². The van der Waals surface area contributed by atoms with Crippen molar-refractivity contribution in [1.29, 1.82) is 0 Å². The van der Waals surface area contributed by atoms with Gasteiger partial charge in [-0.1, -0.05) is 30.3 Å². The number of aromatic amines is 1. The monoisotopic (exact) mass is 459 g/mol. The van der Waals surface area contributed by atoms with E-state index in [1.54, 1.807) is 7.11 Å². The number of aromatic nitrogens is 1. The van der Waals surface area contributed by atoms with Gasteiger partial charge in [-0.2, -0.15) is 0 Å². The van der Waals surface area contributed by atoms with E-state index in [0.717, 1.165) is 21.8 Å². The van der Waals surface area contributed by atoms with Gasteiger partial charge in [0.1, 0.15) is 5.75 Å². The lowest BCUT2D eigenvalue weighted by atomic mass is 9.90. The number of para-hydroxylation sites is 1. The average Bonchev–Trinajstić information content (AvgIpc) is 3.27. The van der Waals surface area contributed by atoms with Crippen LogP contribution in [-0.4, -0.2) is 44.4 Å². The standard InChI is InChI=1S/C27H29N3O2S/c1-30(2)20-10-8-19(9-11-20)24(25-17-28-26-7-5-4-6-23(25)26)16-29-27(31)18-33-22-14-12-21(32-3)13-15-22/h4-15,17,24,28H,16,18H2,1-3H3,(H,29,31). The minimum Gasteiger partial charge on any atom is -0.497 e. The zero-order valence-corrected chi connectivity index (χ0v) is 20.0. The van der Waals surface area contributed by atoms with Gasteiger partial charge in [0, 0.05) is 54.2 Å². The predicted octanol–water partition coefficient (Wildman–Crippen LogP) is 5.28. The maximum absolute atomic E-state index is 12.7. The van der Waals surface area contributed by atoms with Crippen LogP contribution in [0.2, 0.25) is 0 Å². The Hall–Kier alpha value is -3.38. The fourth-order valence-electron chi connectivity index (χ4n) is 3.88. The summed E-state index contributed by atoms with van der Waals surface area (Å²) in [6.45, 7) is 0.533. The second-order valence-electron chi connectivity index (χ2n) is 8.10. The molecule has 0 aliphatic carbocycles. The molecule has 1 atom stereocenters. The number of thioether (sulfide) groups is 1. The first-order valence-corrected chi connectivity index (χ1v) is 11.9. The Bertz CT molecular complexity index is 1200. The van der Waals surface area contributed by atoms with Crippen LogP contribution in [0.5, 0.6) is 5.75 Å². The summed E-state index contributed by atoms with van der Waals surface area (Å²) >= 11 is 1.52. The van der Waals surface area contributed by atoms with E-state index in [-0.39, 0.29) is 11.8 Å². The topological polar surface area (TPSA) is 57.4 Å². The Labute approximate surface area is 199 Å². The molecule has 0 saturated heterocycles. The van der Waals surface area contributed by atoms with Gasteiger partial charge in [0.15, 0.2) is 0 Å². The van der Waals surface area contributed by atoms with Gasteiger partial charge < -0.3 is 19.9 Å². The SMILES string of the molecule is COc1ccc(SCC(=O)NCC(c2ccc(N(C)C)cc2)c2c[nH]c3ccccc23)cc1. The van der Waals surface area contributed by atoms with E-state index in [9.17, 15) is 4.79 Å². The highest BCUT2D eigenvalue weighted by molar-refractivity contribution is 8.00. The molecule has 0 bridgehead atoms. The fraction of sp³-hybridized carbons (Fsp3) is 0.222. The minimum absolute atomic E-state index is 0.0190. The van der Waals surface area contributed by atoms with E-state index < -0.39 is 0 Å². The first-order valence-electron chi connectivity index (χ1n) is 10.9. The van der Waals surface area contributed by atoms with Crippen LogP contribution in [-0.2, 0) is 4.79 Å². The molecule has 0 radical (unpaired) electrons. The number of carbonyl (C=O) groups is 1. The number of amides is 1. The number of H-pyrrole nitrogens is 1. The molecule has 1 aromatic heterocycles. The molecule has 4 rings (SSSR count). The van der Waals surface area contributed by atoms with Crippen LogP contribution in [0.3, 0.4) is 0 Å². The molecule has 0 aliphatic heterocycles. The van der Waals surface area contributed by atoms with E-state index >= 15 is 0 Å². The minimum atomic E-state index is 0.0190. The van der Waals surface area contributed by atoms with Gasteiger partial charge in [0.2, 0.25) is 5.91 Å². The lowest BCUT2D eigenvalue weighted by Gasteiger charge is -2.20. The van der Waals surface area contributed by atoms with Gasteiger partial charge in [-0.05, 0) is 53.6 Å². The maximum Gasteiger partial charge on any atom is 0.230 e. The molecule has 4 aromatic rings.